The van der Waals surface area contributed by atoms with Gasteiger partial charge < -0.3 is 0 Å². The Kier molecular flexibility index (Phi) is 2.41. The summed E-state index contributed by atoms with van der Waals surface area (Å²) in [4.78, 5) is 0. The summed E-state index contributed by atoms with van der Waals surface area (Å²) < 4.78 is 14.8. The molecule has 0 saturated heterocycles. The number of halogens is 2. The molecule has 0 radical (unpaired) electrons. The van der Waals surface area contributed by atoms with Crippen molar-refractivity contribution in [1.29, 1.82) is 0 Å². The van der Waals surface area contributed by atoms with Crippen LogP contribution in [-0.4, -0.2) is 5.67 Å². The van der Waals surface area contributed by atoms with Gasteiger partial charge in [-0.3, -0.25) is 0 Å². The van der Waals surface area contributed by atoms with Crippen LogP contribution in [0.4, 0.5) is 4.39 Å². The smallest absolute Gasteiger partial charge is 0.115 e. The van der Waals surface area contributed by atoms with Crippen molar-refractivity contribution in [3.05, 3.63) is 34.3 Å². The van der Waals surface area contributed by atoms with E-state index >= 15 is 0 Å². The first kappa shape index (κ1) is 9.20. The van der Waals surface area contributed by atoms with Crippen molar-refractivity contribution in [2.45, 2.75) is 31.4 Å². The topological polar surface area (TPSA) is 0 Å². The molecule has 0 heterocycles. The van der Waals surface area contributed by atoms with Crippen LogP contribution < -0.4 is 0 Å². The average Bonchev–Trinajstić information content (AvgIpc) is 2.06. The van der Waals surface area contributed by atoms with Crippen LogP contribution in [0.3, 0.4) is 0 Å². The van der Waals surface area contributed by atoms with Gasteiger partial charge in [-0.1, -0.05) is 34.1 Å². The van der Waals surface area contributed by atoms with Crippen molar-refractivity contribution in [3.63, 3.8) is 0 Å². The van der Waals surface area contributed by atoms with Crippen molar-refractivity contribution in [1.82, 2.24) is 0 Å². The monoisotopic (exact) mass is 242 g/mol. The number of rotatable bonds is 2. The third-order valence-electron chi connectivity index (χ3n) is 2.71. The largest absolute Gasteiger partial charge is 0.244 e. The van der Waals surface area contributed by atoms with Gasteiger partial charge in [-0.15, -0.1) is 0 Å². The van der Waals surface area contributed by atoms with Crippen LogP contribution in [0, 0.1) is 0 Å². The maximum Gasteiger partial charge on any atom is 0.115 e. The first-order chi connectivity index (χ1) is 6.20. The van der Waals surface area contributed by atoms with E-state index in [9.17, 15) is 4.39 Å². The van der Waals surface area contributed by atoms with Crippen molar-refractivity contribution in [2.75, 3.05) is 0 Å². The van der Waals surface area contributed by atoms with Crippen LogP contribution in [-0.2, 0) is 6.42 Å². The zero-order chi connectivity index (χ0) is 9.31. The SMILES string of the molecule is FC1(Cc2ccccc2Br)CCC1. The highest BCUT2D eigenvalue weighted by Crippen LogP contribution is 2.39. The summed E-state index contributed by atoms with van der Waals surface area (Å²) in [7, 11) is 0. The Labute approximate surface area is 86.3 Å². The second-order valence-electron chi connectivity index (χ2n) is 3.77. The molecular formula is C11H12BrF. The zero-order valence-corrected chi connectivity index (χ0v) is 8.98. The number of hydrogen-bond acceptors (Lipinski definition) is 0. The Morgan fingerprint density at radius 3 is 2.54 bits per heavy atom. The molecule has 0 atom stereocenters. The molecule has 0 nitrogen and oxygen atoms in total. The molecule has 1 aliphatic carbocycles. The second kappa shape index (κ2) is 3.41. The van der Waals surface area contributed by atoms with Crippen LogP contribution in [0.2, 0.25) is 0 Å². The first-order valence-corrected chi connectivity index (χ1v) is 5.41. The van der Waals surface area contributed by atoms with Crippen LogP contribution >= 0.6 is 15.9 Å². The van der Waals surface area contributed by atoms with Crippen molar-refractivity contribution < 1.29 is 4.39 Å². The van der Waals surface area contributed by atoms with Gasteiger partial charge in [0.25, 0.3) is 0 Å². The molecule has 1 saturated carbocycles. The molecule has 0 amide bonds. The van der Waals surface area contributed by atoms with Crippen LogP contribution in [0.1, 0.15) is 24.8 Å². The summed E-state index contributed by atoms with van der Waals surface area (Å²) in [5.74, 6) is 0. The van der Waals surface area contributed by atoms with Crippen LogP contribution in [0.5, 0.6) is 0 Å². The summed E-state index contributed by atoms with van der Waals surface area (Å²) >= 11 is 3.44. The average molecular weight is 243 g/mol. The number of hydrogen-bond donors (Lipinski definition) is 0. The zero-order valence-electron chi connectivity index (χ0n) is 7.39. The van der Waals surface area contributed by atoms with Gasteiger partial charge in [0.15, 0.2) is 0 Å². The molecule has 2 heteroatoms. The van der Waals surface area contributed by atoms with Gasteiger partial charge in [0.1, 0.15) is 5.67 Å². The summed E-state index contributed by atoms with van der Waals surface area (Å²) in [6.45, 7) is 0. The molecule has 0 bridgehead atoms. The number of benzene rings is 1. The van der Waals surface area contributed by atoms with E-state index in [0.717, 1.165) is 29.3 Å². The molecule has 0 spiro atoms. The lowest BCUT2D eigenvalue weighted by molar-refractivity contribution is 0.0640. The van der Waals surface area contributed by atoms with E-state index in [0.29, 0.717) is 6.42 Å². The van der Waals surface area contributed by atoms with Crippen molar-refractivity contribution in [2.24, 2.45) is 0 Å². The second-order valence-corrected chi connectivity index (χ2v) is 4.63. The summed E-state index contributed by atoms with van der Waals surface area (Å²) in [5, 5.41) is 0. The maximum absolute atomic E-state index is 13.8. The van der Waals surface area contributed by atoms with Crippen LogP contribution in [0.25, 0.3) is 0 Å². The van der Waals surface area contributed by atoms with E-state index in [2.05, 4.69) is 15.9 Å². The molecule has 13 heavy (non-hydrogen) atoms. The fourth-order valence-electron chi connectivity index (χ4n) is 1.72. The normalized spacial score (nSPS) is 19.5. The minimum Gasteiger partial charge on any atom is -0.244 e. The summed E-state index contributed by atoms with van der Waals surface area (Å²) in [6, 6.07) is 7.88. The lowest BCUT2D eigenvalue weighted by atomic mass is 9.78. The van der Waals surface area contributed by atoms with Gasteiger partial charge in [-0.2, -0.15) is 0 Å². The standard InChI is InChI=1S/C11H12BrF/c12-10-5-2-1-4-9(10)8-11(13)6-3-7-11/h1-2,4-5H,3,6-8H2. The molecule has 0 aliphatic heterocycles. The Morgan fingerprint density at radius 1 is 1.31 bits per heavy atom. The van der Waals surface area contributed by atoms with Crippen LogP contribution in [0.15, 0.2) is 28.7 Å². The van der Waals surface area contributed by atoms with E-state index < -0.39 is 5.67 Å². The Hall–Kier alpha value is -0.370. The predicted molar refractivity (Wildman–Crippen MR) is 55.5 cm³/mol. The fourth-order valence-corrected chi connectivity index (χ4v) is 2.15. The van der Waals surface area contributed by atoms with E-state index in [-0.39, 0.29) is 0 Å². The molecule has 0 aromatic heterocycles. The summed E-state index contributed by atoms with van der Waals surface area (Å²) in [5.41, 5.74) is 0.175. The van der Waals surface area contributed by atoms with E-state index in [1.165, 1.54) is 0 Å². The molecule has 2 rings (SSSR count). The first-order valence-electron chi connectivity index (χ1n) is 4.62. The highest BCUT2D eigenvalue weighted by Gasteiger charge is 2.37. The van der Waals surface area contributed by atoms with Gasteiger partial charge >= 0.3 is 0 Å². The highest BCUT2D eigenvalue weighted by molar-refractivity contribution is 9.10. The van der Waals surface area contributed by atoms with Gasteiger partial charge in [-0.25, -0.2) is 4.39 Å². The molecule has 1 fully saturated rings. The molecule has 0 N–H and O–H groups in total. The highest BCUT2D eigenvalue weighted by atomic mass is 79.9. The minimum atomic E-state index is -0.913. The van der Waals surface area contributed by atoms with Gasteiger partial charge in [0.2, 0.25) is 0 Å². The Bertz CT molecular complexity index is 305. The molecular weight excluding hydrogens is 231 g/mol. The summed E-state index contributed by atoms with van der Waals surface area (Å²) in [6.07, 6.45) is 3.07. The third-order valence-corrected chi connectivity index (χ3v) is 3.49. The Morgan fingerprint density at radius 2 is 2.00 bits per heavy atom. The quantitative estimate of drug-likeness (QED) is 0.739. The van der Waals surface area contributed by atoms with Crippen molar-refractivity contribution >= 4 is 15.9 Å². The van der Waals surface area contributed by atoms with Gasteiger partial charge in [0, 0.05) is 10.9 Å². The van der Waals surface area contributed by atoms with E-state index in [4.69, 9.17) is 0 Å². The predicted octanol–water partition coefficient (Wildman–Crippen LogP) is 3.88. The molecule has 1 aliphatic rings. The van der Waals surface area contributed by atoms with E-state index in [1.807, 2.05) is 24.3 Å². The molecule has 0 unspecified atom stereocenters. The molecule has 70 valence electrons. The van der Waals surface area contributed by atoms with Gasteiger partial charge in [-0.05, 0) is 30.9 Å². The third kappa shape index (κ3) is 1.93. The molecule has 1 aromatic rings. The fraction of sp³-hybridized carbons (Fsp3) is 0.455. The minimum absolute atomic E-state index is 0.564. The Balaban J connectivity index is 2.13. The molecule has 1 aromatic carbocycles. The van der Waals surface area contributed by atoms with Crippen molar-refractivity contribution in [3.8, 4) is 0 Å². The maximum atomic E-state index is 13.8. The van der Waals surface area contributed by atoms with E-state index in [1.54, 1.807) is 0 Å². The lowest BCUT2D eigenvalue weighted by Crippen LogP contribution is -2.34. The lowest BCUT2D eigenvalue weighted by Gasteiger charge is -2.34. The number of alkyl halides is 1. The van der Waals surface area contributed by atoms with Gasteiger partial charge in [0.05, 0.1) is 0 Å².